The average Bonchev–Trinajstić information content (AvgIpc) is 2.38. The Morgan fingerprint density at radius 2 is 1.44 bits per heavy atom. The van der Waals surface area contributed by atoms with Crippen molar-refractivity contribution in [1.29, 1.82) is 0 Å². The van der Waals surface area contributed by atoms with E-state index < -0.39 is 0 Å². The van der Waals surface area contributed by atoms with E-state index in [-0.39, 0.29) is 0 Å². The van der Waals surface area contributed by atoms with E-state index in [1.165, 1.54) is 64.2 Å². The Hall–Kier alpha value is -0.710. The van der Waals surface area contributed by atoms with Crippen molar-refractivity contribution in [2.75, 3.05) is 7.05 Å². The maximum absolute atomic E-state index is 4.63. The highest BCUT2D eigenvalue weighted by Crippen LogP contribution is 2.22. The summed E-state index contributed by atoms with van der Waals surface area (Å²) in [4.78, 5) is 6.88. The fraction of sp³-hybridized carbons (Fsp3) is 0.929. The molecule has 0 N–H and O–H groups in total. The van der Waals surface area contributed by atoms with Crippen LogP contribution in [0, 0.1) is 6.19 Å². The lowest BCUT2D eigenvalue weighted by molar-refractivity contribution is 0.265. The monoisotopic (exact) mass is 221 g/mol. The number of nitrogens with zero attached hydrogens (tertiary/aromatic N) is 2. The van der Waals surface area contributed by atoms with Crippen molar-refractivity contribution in [1.82, 2.24) is 4.90 Å². The molecule has 2 aliphatic carbocycles. The van der Waals surface area contributed by atoms with Gasteiger partial charge in [-0.15, -0.1) is 0 Å². The van der Waals surface area contributed by atoms with Crippen LogP contribution in [0.1, 0.15) is 64.2 Å². The van der Waals surface area contributed by atoms with Crippen LogP contribution in [0.3, 0.4) is 0 Å². The molecule has 0 radical (unpaired) electrons. The standard InChI is InChI=1S/C14H25N2/c1-16(14-10-6-3-7-11-14)12-15-13-8-4-2-5-9-13/h13-14H,2-11H2,1H3/q+1. The number of rotatable bonds is 1. The van der Waals surface area contributed by atoms with Crippen LogP contribution >= 0.6 is 0 Å². The molecule has 90 valence electrons. The molecule has 16 heavy (non-hydrogen) atoms. The predicted octanol–water partition coefficient (Wildman–Crippen LogP) is 3.87. The smallest absolute Gasteiger partial charge is 0.210 e. The van der Waals surface area contributed by atoms with Crippen molar-refractivity contribution in [3.63, 3.8) is 0 Å². The molecule has 0 aromatic rings. The van der Waals surface area contributed by atoms with Gasteiger partial charge in [-0.05, 0) is 38.5 Å². The second-order valence-electron chi connectivity index (χ2n) is 5.42. The third kappa shape index (κ3) is 3.40. The predicted molar refractivity (Wildman–Crippen MR) is 68.8 cm³/mol. The van der Waals surface area contributed by atoms with E-state index in [2.05, 4.69) is 23.0 Å². The van der Waals surface area contributed by atoms with Crippen LogP contribution in [0.5, 0.6) is 0 Å². The van der Waals surface area contributed by atoms with Crippen LogP contribution in [0.2, 0.25) is 0 Å². The van der Waals surface area contributed by atoms with Gasteiger partial charge in [-0.2, -0.15) is 4.85 Å². The van der Waals surface area contributed by atoms with Gasteiger partial charge in [0, 0.05) is 12.8 Å². The molecule has 0 saturated heterocycles. The molecule has 2 rings (SSSR count). The summed E-state index contributed by atoms with van der Waals surface area (Å²) in [7, 11) is 2.16. The second-order valence-corrected chi connectivity index (χ2v) is 5.42. The molecule has 0 amide bonds. The van der Waals surface area contributed by atoms with Crippen LogP contribution < -0.4 is 0 Å². The number of hydrogen-bond donors (Lipinski definition) is 0. The first-order chi connectivity index (χ1) is 7.86. The fourth-order valence-corrected chi connectivity index (χ4v) is 2.93. The third-order valence-electron chi connectivity index (χ3n) is 4.10. The molecular formula is C14H25N2+. The van der Waals surface area contributed by atoms with Crippen molar-refractivity contribution in [3.05, 3.63) is 4.85 Å². The molecule has 2 fully saturated rings. The van der Waals surface area contributed by atoms with Gasteiger partial charge >= 0.3 is 6.19 Å². The van der Waals surface area contributed by atoms with Gasteiger partial charge in [0.05, 0.1) is 7.05 Å². The minimum absolute atomic E-state index is 0.569. The van der Waals surface area contributed by atoms with E-state index in [1.54, 1.807) is 0 Å². The highest BCUT2D eigenvalue weighted by atomic mass is 15.1. The van der Waals surface area contributed by atoms with Crippen LogP contribution in [-0.4, -0.2) is 24.0 Å². The van der Waals surface area contributed by atoms with Gasteiger partial charge in [0.25, 0.3) is 0 Å². The van der Waals surface area contributed by atoms with Crippen molar-refractivity contribution >= 4 is 0 Å². The van der Waals surface area contributed by atoms with E-state index in [9.17, 15) is 0 Å². The highest BCUT2D eigenvalue weighted by molar-refractivity contribution is 4.95. The van der Waals surface area contributed by atoms with Crippen molar-refractivity contribution in [2.45, 2.75) is 76.3 Å². The van der Waals surface area contributed by atoms with Gasteiger partial charge in [-0.1, -0.05) is 12.8 Å². The molecule has 0 atom stereocenters. The zero-order chi connectivity index (χ0) is 11.2. The van der Waals surface area contributed by atoms with E-state index in [1.807, 2.05) is 0 Å². The highest BCUT2D eigenvalue weighted by Gasteiger charge is 2.23. The van der Waals surface area contributed by atoms with Gasteiger partial charge in [0.1, 0.15) is 6.04 Å². The lowest BCUT2D eigenvalue weighted by Crippen LogP contribution is -2.29. The zero-order valence-electron chi connectivity index (χ0n) is 10.6. The Bertz CT molecular complexity index is 252. The molecule has 0 unspecified atom stereocenters. The number of hydrogen-bond acceptors (Lipinski definition) is 1. The average molecular weight is 221 g/mol. The molecule has 0 spiro atoms. The molecule has 2 saturated carbocycles. The van der Waals surface area contributed by atoms with E-state index in [0.717, 1.165) is 0 Å². The van der Waals surface area contributed by atoms with Crippen LogP contribution in [0.15, 0.2) is 0 Å². The van der Waals surface area contributed by atoms with Crippen LogP contribution in [-0.2, 0) is 0 Å². The fourth-order valence-electron chi connectivity index (χ4n) is 2.93. The lowest BCUT2D eigenvalue weighted by Gasteiger charge is -2.21. The normalized spacial score (nSPS) is 23.6. The van der Waals surface area contributed by atoms with Crippen molar-refractivity contribution in [3.8, 4) is 6.19 Å². The van der Waals surface area contributed by atoms with Gasteiger partial charge in [0.2, 0.25) is 0 Å². The van der Waals surface area contributed by atoms with E-state index >= 15 is 0 Å². The molecule has 2 aliphatic rings. The molecule has 0 heterocycles. The van der Waals surface area contributed by atoms with Gasteiger partial charge < -0.3 is 0 Å². The molecule has 0 aliphatic heterocycles. The summed E-state index contributed by atoms with van der Waals surface area (Å²) in [5.41, 5.74) is 0. The Morgan fingerprint density at radius 1 is 0.875 bits per heavy atom. The molecule has 2 heteroatoms. The zero-order valence-corrected chi connectivity index (χ0v) is 10.6. The SMILES string of the molecule is CN(C#[N+]C1CCCCC1)C1CCCCC1. The molecule has 0 aromatic heterocycles. The summed E-state index contributed by atoms with van der Waals surface area (Å²) in [5, 5.41) is 0. The van der Waals surface area contributed by atoms with Crippen molar-refractivity contribution in [2.24, 2.45) is 0 Å². The summed E-state index contributed by atoms with van der Waals surface area (Å²) >= 11 is 0. The summed E-state index contributed by atoms with van der Waals surface area (Å²) in [6.45, 7) is 0. The largest absolute Gasteiger partial charge is 0.371 e. The first kappa shape index (κ1) is 11.8. The van der Waals surface area contributed by atoms with Gasteiger partial charge in [0.15, 0.2) is 6.04 Å². The first-order valence-corrected chi connectivity index (χ1v) is 7.04. The summed E-state index contributed by atoms with van der Waals surface area (Å²) < 4.78 is 0. The lowest BCUT2D eigenvalue weighted by atomic mass is 9.95. The Kier molecular flexibility index (Phi) is 4.51. The maximum atomic E-state index is 4.63. The maximum Gasteiger partial charge on any atom is 0.371 e. The Morgan fingerprint density at radius 3 is 2.06 bits per heavy atom. The Labute approximate surface area is 99.8 Å². The minimum atomic E-state index is 0.569. The second kappa shape index (κ2) is 6.13. The van der Waals surface area contributed by atoms with Crippen LogP contribution in [0.4, 0.5) is 0 Å². The van der Waals surface area contributed by atoms with Crippen LogP contribution in [0.25, 0.3) is 4.85 Å². The molecule has 2 nitrogen and oxygen atoms in total. The third-order valence-corrected chi connectivity index (χ3v) is 4.10. The van der Waals surface area contributed by atoms with Crippen molar-refractivity contribution < 1.29 is 0 Å². The summed E-state index contributed by atoms with van der Waals surface area (Å²) in [5.74, 6) is 0. The topological polar surface area (TPSA) is 7.60 Å². The van der Waals surface area contributed by atoms with Gasteiger partial charge in [-0.25, -0.2) is 4.90 Å². The van der Waals surface area contributed by atoms with Gasteiger partial charge in [-0.3, -0.25) is 0 Å². The molecular weight excluding hydrogens is 196 g/mol. The quantitative estimate of drug-likeness (QED) is 0.482. The molecule has 0 aromatic carbocycles. The van der Waals surface area contributed by atoms with E-state index in [0.29, 0.717) is 12.1 Å². The first-order valence-electron chi connectivity index (χ1n) is 7.04. The minimum Gasteiger partial charge on any atom is -0.210 e. The molecule has 0 bridgehead atoms. The Balaban J connectivity index is 1.80. The van der Waals surface area contributed by atoms with E-state index in [4.69, 9.17) is 0 Å². The summed E-state index contributed by atoms with van der Waals surface area (Å²) in [6.07, 6.45) is 16.9. The summed E-state index contributed by atoms with van der Waals surface area (Å²) in [6, 6.07) is 1.28.